The summed E-state index contributed by atoms with van der Waals surface area (Å²) in [6.07, 6.45) is 5.37. The summed E-state index contributed by atoms with van der Waals surface area (Å²) in [4.78, 5) is 38.9. The average molecular weight is 402 g/mol. The molecule has 6 heteroatoms. The van der Waals surface area contributed by atoms with Crippen molar-refractivity contribution in [1.82, 2.24) is 4.90 Å². The first kappa shape index (κ1) is 15.3. The number of hydrogen-bond acceptors (Lipinski definition) is 4. The number of imide groups is 1. The van der Waals surface area contributed by atoms with Gasteiger partial charge in [-0.05, 0) is 54.4 Å². The molecule has 1 heterocycles. The van der Waals surface area contributed by atoms with E-state index in [0.29, 0.717) is 17.6 Å². The molecule has 2 bridgehead atoms. The monoisotopic (exact) mass is 401 g/mol. The molecule has 3 fully saturated rings. The molecule has 6 rings (SSSR count). The number of allylic oxidation sites excluding steroid dienone is 2. The highest BCUT2D eigenvalue weighted by atomic mass is 79.9. The molecular formula is C19H16BrNO4. The second-order valence-corrected chi connectivity index (χ2v) is 8.26. The van der Waals surface area contributed by atoms with Crippen LogP contribution in [0.25, 0.3) is 0 Å². The average Bonchev–Trinajstić information content (AvgIpc) is 3.38. The Morgan fingerprint density at radius 3 is 2.16 bits per heavy atom. The van der Waals surface area contributed by atoms with Gasteiger partial charge in [-0.25, -0.2) is 4.79 Å². The number of carbonyl (C=O) groups excluding carboxylic acids is 3. The van der Waals surface area contributed by atoms with Crippen molar-refractivity contribution in [2.75, 3.05) is 6.54 Å². The highest BCUT2D eigenvalue weighted by Crippen LogP contribution is 2.65. The molecule has 1 saturated heterocycles. The number of amides is 2. The molecule has 0 spiro atoms. The van der Waals surface area contributed by atoms with Crippen LogP contribution in [0.4, 0.5) is 0 Å². The zero-order valence-electron chi connectivity index (χ0n) is 13.3. The van der Waals surface area contributed by atoms with E-state index < -0.39 is 5.97 Å². The van der Waals surface area contributed by atoms with Crippen LogP contribution < -0.4 is 4.74 Å². The fourth-order valence-corrected chi connectivity index (χ4v) is 5.23. The Hall–Kier alpha value is -1.95. The van der Waals surface area contributed by atoms with Gasteiger partial charge in [0, 0.05) is 4.47 Å². The van der Waals surface area contributed by atoms with Crippen LogP contribution in [0, 0.1) is 35.5 Å². The summed E-state index contributed by atoms with van der Waals surface area (Å²) in [5.41, 5.74) is 0. The van der Waals surface area contributed by atoms with Gasteiger partial charge < -0.3 is 4.74 Å². The Morgan fingerprint density at radius 2 is 1.60 bits per heavy atom. The first-order chi connectivity index (χ1) is 12.0. The van der Waals surface area contributed by atoms with Crippen LogP contribution in [-0.2, 0) is 14.4 Å². The van der Waals surface area contributed by atoms with Crippen molar-refractivity contribution in [3.05, 3.63) is 40.9 Å². The van der Waals surface area contributed by atoms with Crippen LogP contribution in [0.1, 0.15) is 6.42 Å². The van der Waals surface area contributed by atoms with Gasteiger partial charge in [0.2, 0.25) is 11.8 Å². The zero-order valence-corrected chi connectivity index (χ0v) is 14.9. The van der Waals surface area contributed by atoms with Crippen LogP contribution in [0.5, 0.6) is 5.75 Å². The number of ether oxygens (including phenoxy) is 1. The highest BCUT2D eigenvalue weighted by molar-refractivity contribution is 9.10. The van der Waals surface area contributed by atoms with Gasteiger partial charge in [-0.3, -0.25) is 14.5 Å². The molecule has 1 aliphatic heterocycles. The SMILES string of the molecule is O=C(CN1C(=O)[C@@H]2[C@H]3C=C[C@@H]([C@@H]4C[C@@H]34)[C@H]2C1=O)Oc1ccc(Br)cc1. The Bertz CT molecular complexity index is 781. The minimum Gasteiger partial charge on any atom is -0.425 e. The summed E-state index contributed by atoms with van der Waals surface area (Å²) in [6.45, 7) is -0.310. The first-order valence-corrected chi connectivity index (χ1v) is 9.33. The van der Waals surface area contributed by atoms with E-state index in [1.165, 1.54) is 0 Å². The number of benzene rings is 1. The second-order valence-electron chi connectivity index (χ2n) is 7.35. The molecule has 0 aromatic heterocycles. The van der Waals surface area contributed by atoms with Gasteiger partial charge in [0.15, 0.2) is 0 Å². The van der Waals surface area contributed by atoms with Gasteiger partial charge in [0.05, 0.1) is 11.8 Å². The molecule has 2 amide bonds. The van der Waals surface area contributed by atoms with Gasteiger partial charge in [0.25, 0.3) is 0 Å². The van der Waals surface area contributed by atoms with E-state index in [0.717, 1.165) is 15.8 Å². The van der Waals surface area contributed by atoms with Crippen molar-refractivity contribution in [1.29, 1.82) is 0 Å². The van der Waals surface area contributed by atoms with E-state index in [1.807, 2.05) is 0 Å². The van der Waals surface area contributed by atoms with E-state index in [4.69, 9.17) is 4.74 Å². The van der Waals surface area contributed by atoms with E-state index in [1.54, 1.807) is 24.3 Å². The molecular weight excluding hydrogens is 386 g/mol. The minimum absolute atomic E-state index is 0.170. The molecule has 0 radical (unpaired) electrons. The molecule has 2 saturated carbocycles. The smallest absolute Gasteiger partial charge is 0.331 e. The van der Waals surface area contributed by atoms with Crippen molar-refractivity contribution in [2.24, 2.45) is 35.5 Å². The van der Waals surface area contributed by atoms with Crippen LogP contribution in [0.3, 0.4) is 0 Å². The molecule has 0 N–H and O–H groups in total. The lowest BCUT2D eigenvalue weighted by Crippen LogP contribution is -2.40. The fraction of sp³-hybridized carbons (Fsp3) is 0.421. The number of hydrogen-bond donors (Lipinski definition) is 0. The maximum Gasteiger partial charge on any atom is 0.331 e. The number of halogens is 1. The lowest BCUT2D eigenvalue weighted by molar-refractivity contribution is -0.148. The largest absolute Gasteiger partial charge is 0.425 e. The van der Waals surface area contributed by atoms with Gasteiger partial charge in [-0.15, -0.1) is 0 Å². The van der Waals surface area contributed by atoms with Gasteiger partial charge in [-0.1, -0.05) is 28.1 Å². The second kappa shape index (κ2) is 5.27. The molecule has 5 aliphatic rings. The normalized spacial score (nSPS) is 37.1. The molecule has 0 unspecified atom stereocenters. The summed E-state index contributed by atoms with van der Waals surface area (Å²) >= 11 is 3.31. The van der Waals surface area contributed by atoms with Crippen molar-refractivity contribution >= 4 is 33.7 Å². The number of esters is 1. The van der Waals surface area contributed by atoms with E-state index in [2.05, 4.69) is 28.1 Å². The third-order valence-corrected chi connectivity index (χ3v) is 6.62. The summed E-state index contributed by atoms with van der Waals surface area (Å²) in [6, 6.07) is 6.85. The number of rotatable bonds is 3. The molecule has 6 atom stereocenters. The van der Waals surface area contributed by atoms with Gasteiger partial charge in [-0.2, -0.15) is 0 Å². The summed E-state index contributed by atoms with van der Waals surface area (Å²) in [5, 5.41) is 0. The standard InChI is InChI=1S/C19H16BrNO4/c20-9-1-3-10(4-2-9)25-15(22)8-21-18(23)16-11-5-6-12(14-7-13(11)14)17(16)19(21)24/h1-6,11-14,16-17H,7-8H2/t11-,12-,13-,14-,16+,17+/m0/s1. The molecule has 25 heavy (non-hydrogen) atoms. The maximum absolute atomic E-state index is 12.8. The predicted molar refractivity (Wildman–Crippen MR) is 91.2 cm³/mol. The maximum atomic E-state index is 12.8. The third-order valence-electron chi connectivity index (χ3n) is 6.09. The van der Waals surface area contributed by atoms with E-state index in [9.17, 15) is 14.4 Å². The van der Waals surface area contributed by atoms with Gasteiger partial charge in [0.1, 0.15) is 12.3 Å². The van der Waals surface area contributed by atoms with Crippen LogP contribution in [0.2, 0.25) is 0 Å². The minimum atomic E-state index is -0.590. The molecule has 5 nitrogen and oxygen atoms in total. The van der Waals surface area contributed by atoms with Crippen molar-refractivity contribution in [3.8, 4) is 5.75 Å². The van der Waals surface area contributed by atoms with Crippen LogP contribution in [0.15, 0.2) is 40.9 Å². The Kier molecular flexibility index (Phi) is 3.23. The zero-order chi connectivity index (χ0) is 17.3. The molecule has 4 aliphatic carbocycles. The highest BCUT2D eigenvalue weighted by Gasteiger charge is 2.67. The van der Waals surface area contributed by atoms with Crippen molar-refractivity contribution in [3.63, 3.8) is 0 Å². The lowest BCUT2D eigenvalue weighted by Gasteiger charge is -2.37. The Morgan fingerprint density at radius 1 is 1.04 bits per heavy atom. The molecule has 1 aromatic rings. The lowest BCUT2D eigenvalue weighted by atomic mass is 9.63. The number of carbonyl (C=O) groups is 3. The number of nitrogens with zero attached hydrogens (tertiary/aromatic N) is 1. The van der Waals surface area contributed by atoms with Crippen LogP contribution in [-0.4, -0.2) is 29.2 Å². The first-order valence-electron chi connectivity index (χ1n) is 8.54. The Labute approximate surface area is 153 Å². The van der Waals surface area contributed by atoms with E-state index >= 15 is 0 Å². The third kappa shape index (κ3) is 2.23. The van der Waals surface area contributed by atoms with Crippen LogP contribution >= 0.6 is 15.9 Å². The number of likely N-dealkylation sites (tertiary alicyclic amines) is 1. The summed E-state index contributed by atoms with van der Waals surface area (Å²) < 4.78 is 6.14. The molecule has 128 valence electrons. The van der Waals surface area contributed by atoms with Crippen molar-refractivity contribution < 1.29 is 19.1 Å². The quantitative estimate of drug-likeness (QED) is 0.337. The Balaban J connectivity index is 1.32. The van der Waals surface area contributed by atoms with E-state index in [-0.39, 0.29) is 42.0 Å². The summed E-state index contributed by atoms with van der Waals surface area (Å²) in [7, 11) is 0. The summed E-state index contributed by atoms with van der Waals surface area (Å²) in [5.74, 6) is 0.317. The topological polar surface area (TPSA) is 63.7 Å². The molecule has 1 aromatic carbocycles. The predicted octanol–water partition coefficient (Wildman–Crippen LogP) is 2.41. The fourth-order valence-electron chi connectivity index (χ4n) is 4.97. The van der Waals surface area contributed by atoms with Gasteiger partial charge >= 0.3 is 5.97 Å². The van der Waals surface area contributed by atoms with Crippen molar-refractivity contribution in [2.45, 2.75) is 6.42 Å².